The van der Waals surface area contributed by atoms with Crippen molar-refractivity contribution in [1.29, 1.82) is 0 Å². The zero-order valence-corrected chi connectivity index (χ0v) is 13.2. The molecule has 3 N–H and O–H groups in total. The molecule has 0 aliphatic carbocycles. The van der Waals surface area contributed by atoms with Crippen molar-refractivity contribution < 1.29 is 4.79 Å². The number of hydrogen-bond acceptors (Lipinski definition) is 3. The van der Waals surface area contributed by atoms with Gasteiger partial charge in [-0.3, -0.25) is 4.79 Å². The van der Waals surface area contributed by atoms with E-state index in [9.17, 15) is 4.79 Å². The van der Waals surface area contributed by atoms with Crippen LogP contribution in [0.15, 0.2) is 24.3 Å². The first-order chi connectivity index (χ1) is 9.32. The first-order valence-corrected chi connectivity index (χ1v) is 7.15. The summed E-state index contributed by atoms with van der Waals surface area (Å²) < 4.78 is 0. The Morgan fingerprint density at radius 2 is 2.00 bits per heavy atom. The van der Waals surface area contributed by atoms with Crippen LogP contribution in [0.4, 0.5) is 5.69 Å². The monoisotopic (exact) mass is 277 g/mol. The van der Waals surface area contributed by atoms with Gasteiger partial charge in [-0.05, 0) is 38.8 Å². The Morgan fingerprint density at radius 3 is 2.55 bits per heavy atom. The van der Waals surface area contributed by atoms with Crippen LogP contribution < -0.4 is 16.0 Å². The maximum absolute atomic E-state index is 12.3. The Morgan fingerprint density at radius 1 is 1.40 bits per heavy atom. The van der Waals surface area contributed by atoms with Crippen molar-refractivity contribution in [3.05, 3.63) is 29.8 Å². The Bertz CT molecular complexity index is 457. The third-order valence-electron chi connectivity index (χ3n) is 3.90. The van der Waals surface area contributed by atoms with E-state index >= 15 is 0 Å². The summed E-state index contributed by atoms with van der Waals surface area (Å²) in [6.07, 6.45) is 0.897. The highest BCUT2D eigenvalue weighted by atomic mass is 16.2. The number of nitrogens with one attached hydrogen (secondary N) is 1. The molecule has 0 aliphatic heterocycles. The van der Waals surface area contributed by atoms with E-state index in [1.165, 1.54) is 0 Å². The van der Waals surface area contributed by atoms with Crippen molar-refractivity contribution in [3.63, 3.8) is 0 Å². The van der Waals surface area contributed by atoms with E-state index in [4.69, 9.17) is 5.73 Å². The van der Waals surface area contributed by atoms with Crippen LogP contribution in [0.3, 0.4) is 0 Å². The molecule has 1 amide bonds. The van der Waals surface area contributed by atoms with Crippen molar-refractivity contribution in [2.75, 3.05) is 11.9 Å². The van der Waals surface area contributed by atoms with Gasteiger partial charge in [0.15, 0.2) is 0 Å². The zero-order valence-electron chi connectivity index (χ0n) is 13.2. The number of para-hydroxylation sites is 1. The number of carbonyl (C=O) groups excluding carboxylic acids is 1. The number of anilines is 1. The molecule has 1 atom stereocenters. The van der Waals surface area contributed by atoms with Gasteiger partial charge in [-0.25, -0.2) is 0 Å². The van der Waals surface area contributed by atoms with Gasteiger partial charge in [-0.15, -0.1) is 0 Å². The first kappa shape index (κ1) is 16.5. The van der Waals surface area contributed by atoms with E-state index in [2.05, 4.69) is 12.2 Å². The summed E-state index contributed by atoms with van der Waals surface area (Å²) in [6, 6.07) is 7.67. The lowest BCUT2D eigenvalue weighted by molar-refractivity contribution is -0.123. The fraction of sp³-hybridized carbons (Fsp3) is 0.562. The van der Waals surface area contributed by atoms with Crippen LogP contribution in [0.2, 0.25) is 0 Å². The van der Waals surface area contributed by atoms with Crippen LogP contribution in [0, 0.1) is 0 Å². The molecule has 0 bridgehead atoms. The molecule has 1 rings (SSSR count). The number of benzene rings is 1. The van der Waals surface area contributed by atoms with Crippen molar-refractivity contribution in [2.45, 2.75) is 52.2 Å². The molecule has 0 fully saturated rings. The van der Waals surface area contributed by atoms with Crippen LogP contribution in [-0.2, 0) is 11.3 Å². The van der Waals surface area contributed by atoms with E-state index in [1.807, 2.05) is 57.0 Å². The van der Waals surface area contributed by atoms with Gasteiger partial charge >= 0.3 is 0 Å². The molecule has 20 heavy (non-hydrogen) atoms. The molecule has 4 heteroatoms. The molecule has 0 radical (unpaired) electrons. The number of amides is 1. The highest BCUT2D eigenvalue weighted by molar-refractivity contribution is 5.85. The summed E-state index contributed by atoms with van der Waals surface area (Å²) in [5, 5.41) is 3.08. The van der Waals surface area contributed by atoms with Crippen molar-refractivity contribution in [2.24, 2.45) is 5.73 Å². The smallest absolute Gasteiger partial charge is 0.242 e. The van der Waals surface area contributed by atoms with Gasteiger partial charge in [0.25, 0.3) is 0 Å². The van der Waals surface area contributed by atoms with E-state index in [-0.39, 0.29) is 17.5 Å². The Balaban J connectivity index is 2.86. The third-order valence-corrected chi connectivity index (χ3v) is 3.90. The fourth-order valence-corrected chi connectivity index (χ4v) is 1.94. The highest BCUT2D eigenvalue weighted by Gasteiger charge is 2.25. The fourth-order valence-electron chi connectivity index (χ4n) is 1.94. The summed E-state index contributed by atoms with van der Waals surface area (Å²) in [6.45, 7) is 8.51. The van der Waals surface area contributed by atoms with E-state index in [1.54, 1.807) is 0 Å². The second kappa shape index (κ2) is 6.75. The van der Waals surface area contributed by atoms with Gasteiger partial charge in [-0.2, -0.15) is 0 Å². The van der Waals surface area contributed by atoms with Crippen molar-refractivity contribution >= 4 is 11.6 Å². The quantitative estimate of drug-likeness (QED) is 0.838. The Kier molecular flexibility index (Phi) is 5.57. The summed E-state index contributed by atoms with van der Waals surface area (Å²) in [7, 11) is 1.93. The molecule has 1 aromatic rings. The van der Waals surface area contributed by atoms with Crippen LogP contribution in [0.1, 0.15) is 39.7 Å². The molecular formula is C16H27N3O. The topological polar surface area (TPSA) is 58.4 Å². The number of rotatable bonds is 6. The molecule has 0 saturated carbocycles. The zero-order chi connectivity index (χ0) is 15.3. The molecule has 0 heterocycles. The van der Waals surface area contributed by atoms with Gasteiger partial charge in [0, 0.05) is 24.8 Å². The van der Waals surface area contributed by atoms with Crippen LogP contribution in [-0.4, -0.2) is 24.5 Å². The normalized spacial score (nSPS) is 12.9. The predicted molar refractivity (Wildman–Crippen MR) is 84.7 cm³/mol. The van der Waals surface area contributed by atoms with Crippen molar-refractivity contribution in [3.8, 4) is 0 Å². The summed E-state index contributed by atoms with van der Waals surface area (Å²) in [4.78, 5) is 14.3. The third kappa shape index (κ3) is 3.97. The molecule has 0 aromatic heterocycles. The van der Waals surface area contributed by atoms with E-state index in [0.29, 0.717) is 6.54 Å². The summed E-state index contributed by atoms with van der Waals surface area (Å²) >= 11 is 0. The maximum Gasteiger partial charge on any atom is 0.242 e. The number of likely N-dealkylation sites (N-methyl/N-ethyl adjacent to an activating group) is 1. The minimum Gasteiger partial charge on any atom is -0.363 e. The lowest BCUT2D eigenvalue weighted by atomic mass is 10.0. The van der Waals surface area contributed by atoms with E-state index < -0.39 is 0 Å². The molecule has 0 spiro atoms. The first-order valence-electron chi connectivity index (χ1n) is 7.15. The summed E-state index contributed by atoms with van der Waals surface area (Å²) in [5.74, 6) is 0.0335. The lowest BCUT2D eigenvalue weighted by Crippen LogP contribution is -2.51. The molecule has 0 saturated heterocycles. The highest BCUT2D eigenvalue weighted by Crippen LogP contribution is 2.21. The average Bonchev–Trinajstić information content (AvgIpc) is 2.45. The Hall–Kier alpha value is -1.55. The predicted octanol–water partition coefficient (Wildman–Crippen LogP) is 2.27. The maximum atomic E-state index is 12.3. The number of carbonyl (C=O) groups is 1. The number of nitrogens with two attached hydrogens (primary N) is 1. The summed E-state index contributed by atoms with van der Waals surface area (Å²) in [5.41, 5.74) is 7.63. The Labute approximate surface area is 122 Å². The largest absolute Gasteiger partial charge is 0.363 e. The molecule has 1 aromatic carbocycles. The van der Waals surface area contributed by atoms with Crippen molar-refractivity contribution in [1.82, 2.24) is 5.32 Å². The standard InChI is InChI=1S/C16H27N3O/c1-6-16(3,4)18-15(20)12(2)19(5)14-10-8-7-9-13(14)11-17/h7-10,12H,6,11,17H2,1-5H3,(H,18,20). The molecule has 4 nitrogen and oxygen atoms in total. The van der Waals surface area contributed by atoms with Crippen LogP contribution >= 0.6 is 0 Å². The van der Waals surface area contributed by atoms with Gasteiger partial charge in [0.05, 0.1) is 0 Å². The number of nitrogens with zero attached hydrogens (tertiary/aromatic N) is 1. The average molecular weight is 277 g/mol. The van der Waals surface area contributed by atoms with Crippen LogP contribution in [0.5, 0.6) is 0 Å². The lowest BCUT2D eigenvalue weighted by Gasteiger charge is -2.32. The number of hydrogen-bond donors (Lipinski definition) is 2. The van der Waals surface area contributed by atoms with Gasteiger partial charge in [0.2, 0.25) is 5.91 Å². The minimum absolute atomic E-state index is 0.0335. The molecule has 1 unspecified atom stereocenters. The molecule has 0 aliphatic rings. The van der Waals surface area contributed by atoms with E-state index in [0.717, 1.165) is 17.7 Å². The molecule has 112 valence electrons. The second-order valence-electron chi connectivity index (χ2n) is 5.85. The van der Waals surface area contributed by atoms with Gasteiger partial charge in [-0.1, -0.05) is 25.1 Å². The minimum atomic E-state index is -0.242. The van der Waals surface area contributed by atoms with Gasteiger partial charge < -0.3 is 16.0 Å². The second-order valence-corrected chi connectivity index (χ2v) is 5.85. The van der Waals surface area contributed by atoms with Gasteiger partial charge in [0.1, 0.15) is 6.04 Å². The molecular weight excluding hydrogens is 250 g/mol. The SMILES string of the molecule is CCC(C)(C)NC(=O)C(C)N(C)c1ccccc1CN. The van der Waals surface area contributed by atoms with Crippen LogP contribution in [0.25, 0.3) is 0 Å².